The van der Waals surface area contributed by atoms with E-state index in [-0.39, 0.29) is 11.0 Å². The molecule has 2 heterocycles. The minimum atomic E-state index is -0.332. The third-order valence-corrected chi connectivity index (χ3v) is 4.53. The Labute approximate surface area is 114 Å². The largest absolute Gasteiger partial charge is 0.325 e. The molecule has 0 aromatic carbocycles. The Morgan fingerprint density at radius 2 is 1.95 bits per heavy atom. The fourth-order valence-corrected chi connectivity index (χ4v) is 2.34. The van der Waals surface area contributed by atoms with E-state index < -0.39 is 0 Å². The second-order valence-corrected chi connectivity index (χ2v) is 6.73. The highest BCUT2D eigenvalue weighted by Gasteiger charge is 2.42. The number of rotatable bonds is 3. The molecule has 1 saturated carbocycles. The van der Waals surface area contributed by atoms with E-state index >= 15 is 0 Å². The number of nitrogens with two attached hydrogens (primary N) is 1. The van der Waals surface area contributed by atoms with Crippen LogP contribution < -0.4 is 5.73 Å². The second-order valence-electron chi connectivity index (χ2n) is 6.73. The number of hydrogen-bond donors (Lipinski definition) is 1. The molecular formula is C15H22N4. The van der Waals surface area contributed by atoms with Gasteiger partial charge in [-0.05, 0) is 38.8 Å². The Kier molecular flexibility index (Phi) is 2.52. The molecule has 1 aliphatic rings. The molecule has 0 bridgehead atoms. The zero-order chi connectivity index (χ0) is 13.8. The number of nitrogens with zero attached hydrogens (tertiary/aromatic N) is 3. The minimum Gasteiger partial charge on any atom is -0.325 e. The van der Waals surface area contributed by atoms with Crippen molar-refractivity contribution in [2.45, 2.75) is 57.5 Å². The highest BCUT2D eigenvalue weighted by molar-refractivity contribution is 5.72. The van der Waals surface area contributed by atoms with Gasteiger partial charge in [0, 0.05) is 23.2 Å². The summed E-state index contributed by atoms with van der Waals surface area (Å²) in [6.45, 7) is 8.48. The first-order valence-corrected chi connectivity index (χ1v) is 6.94. The van der Waals surface area contributed by atoms with Crippen LogP contribution in [0.1, 0.15) is 52.4 Å². The normalized spacial score (nSPS) is 17.1. The molecule has 3 rings (SSSR count). The van der Waals surface area contributed by atoms with E-state index in [1.54, 1.807) is 0 Å². The number of fused-ring (bicyclic) bond motifs is 1. The Balaban J connectivity index is 2.26. The van der Waals surface area contributed by atoms with Crippen molar-refractivity contribution < 1.29 is 0 Å². The molecule has 0 amide bonds. The fourth-order valence-electron chi connectivity index (χ4n) is 2.34. The van der Waals surface area contributed by atoms with Gasteiger partial charge in [0.25, 0.3) is 0 Å². The topological polar surface area (TPSA) is 56.7 Å². The maximum Gasteiger partial charge on any atom is 0.160 e. The molecule has 1 fully saturated rings. The van der Waals surface area contributed by atoms with Gasteiger partial charge < -0.3 is 10.3 Å². The molecule has 2 N–H and O–H groups in total. The fraction of sp³-hybridized carbons (Fsp3) is 0.600. The molecule has 0 aliphatic heterocycles. The average molecular weight is 258 g/mol. The lowest BCUT2D eigenvalue weighted by molar-refractivity contribution is 0.282. The first kappa shape index (κ1) is 12.6. The van der Waals surface area contributed by atoms with Gasteiger partial charge in [0.15, 0.2) is 5.65 Å². The van der Waals surface area contributed by atoms with Crippen LogP contribution in [0.15, 0.2) is 18.3 Å². The van der Waals surface area contributed by atoms with Gasteiger partial charge in [-0.1, -0.05) is 13.8 Å². The van der Waals surface area contributed by atoms with E-state index in [9.17, 15) is 0 Å². The first-order valence-electron chi connectivity index (χ1n) is 6.94. The SMILES string of the molecule is CC(C)(N)C(C)(C)c1nc2cccnc2n1C1CC1. The molecule has 0 unspecified atom stereocenters. The Hall–Kier alpha value is -1.42. The standard InChI is InChI=1S/C15H22N4/c1-14(2,15(3,4)16)13-18-11-6-5-9-17-12(11)19(13)10-7-8-10/h5-6,9-10H,7-8,16H2,1-4H3. The molecule has 2 aromatic heterocycles. The molecule has 4 nitrogen and oxygen atoms in total. The van der Waals surface area contributed by atoms with Gasteiger partial charge in [0.2, 0.25) is 0 Å². The molecule has 102 valence electrons. The van der Waals surface area contributed by atoms with Crippen LogP contribution >= 0.6 is 0 Å². The third-order valence-electron chi connectivity index (χ3n) is 4.53. The van der Waals surface area contributed by atoms with E-state index in [1.807, 2.05) is 18.3 Å². The van der Waals surface area contributed by atoms with Crippen molar-refractivity contribution in [3.63, 3.8) is 0 Å². The molecular weight excluding hydrogens is 236 g/mol. The zero-order valence-corrected chi connectivity index (χ0v) is 12.1. The van der Waals surface area contributed by atoms with Gasteiger partial charge in [0.05, 0.1) is 0 Å². The molecule has 4 heteroatoms. The summed E-state index contributed by atoms with van der Waals surface area (Å²) in [5.41, 5.74) is 7.82. The van der Waals surface area contributed by atoms with Crippen molar-refractivity contribution in [2.24, 2.45) is 5.73 Å². The van der Waals surface area contributed by atoms with Crippen LogP contribution in [0.25, 0.3) is 11.2 Å². The quantitative estimate of drug-likeness (QED) is 0.921. The summed E-state index contributed by atoms with van der Waals surface area (Å²) in [5, 5.41) is 0. The molecule has 2 aromatic rings. The highest BCUT2D eigenvalue weighted by atomic mass is 15.2. The lowest BCUT2D eigenvalue weighted by Crippen LogP contribution is -2.51. The molecule has 0 radical (unpaired) electrons. The Morgan fingerprint density at radius 3 is 2.53 bits per heavy atom. The third kappa shape index (κ3) is 1.86. The maximum absolute atomic E-state index is 6.38. The zero-order valence-electron chi connectivity index (χ0n) is 12.1. The summed E-state index contributed by atoms with van der Waals surface area (Å²) in [6, 6.07) is 4.53. The summed E-state index contributed by atoms with van der Waals surface area (Å²) in [7, 11) is 0. The molecule has 0 saturated heterocycles. The van der Waals surface area contributed by atoms with Crippen molar-refractivity contribution in [1.82, 2.24) is 14.5 Å². The van der Waals surface area contributed by atoms with E-state index in [0.717, 1.165) is 17.0 Å². The van der Waals surface area contributed by atoms with Crippen molar-refractivity contribution in [2.75, 3.05) is 0 Å². The molecule has 19 heavy (non-hydrogen) atoms. The predicted molar refractivity (Wildman–Crippen MR) is 77.1 cm³/mol. The van der Waals surface area contributed by atoms with E-state index in [1.165, 1.54) is 12.8 Å². The summed E-state index contributed by atoms with van der Waals surface area (Å²) in [5.74, 6) is 1.07. The summed E-state index contributed by atoms with van der Waals surface area (Å²) in [4.78, 5) is 9.35. The maximum atomic E-state index is 6.38. The first-order chi connectivity index (χ1) is 8.82. The van der Waals surface area contributed by atoms with E-state index in [0.29, 0.717) is 6.04 Å². The summed E-state index contributed by atoms with van der Waals surface area (Å²) < 4.78 is 2.31. The van der Waals surface area contributed by atoms with Gasteiger partial charge in [-0.25, -0.2) is 9.97 Å². The number of pyridine rings is 1. The number of aromatic nitrogens is 3. The van der Waals surface area contributed by atoms with Gasteiger partial charge in [0.1, 0.15) is 11.3 Å². The number of hydrogen-bond acceptors (Lipinski definition) is 3. The van der Waals surface area contributed by atoms with Crippen LogP contribution in [-0.2, 0) is 5.41 Å². The van der Waals surface area contributed by atoms with Crippen LogP contribution in [0.4, 0.5) is 0 Å². The van der Waals surface area contributed by atoms with Crippen LogP contribution in [-0.4, -0.2) is 20.1 Å². The van der Waals surface area contributed by atoms with Crippen LogP contribution in [0.2, 0.25) is 0 Å². The van der Waals surface area contributed by atoms with Crippen molar-refractivity contribution in [3.05, 3.63) is 24.2 Å². The lowest BCUT2D eigenvalue weighted by atomic mass is 9.74. The van der Waals surface area contributed by atoms with Gasteiger partial charge in [-0.3, -0.25) is 0 Å². The van der Waals surface area contributed by atoms with Crippen molar-refractivity contribution in [1.29, 1.82) is 0 Å². The van der Waals surface area contributed by atoms with Crippen molar-refractivity contribution >= 4 is 11.2 Å². The molecule has 1 aliphatic carbocycles. The van der Waals surface area contributed by atoms with Crippen LogP contribution in [0.3, 0.4) is 0 Å². The van der Waals surface area contributed by atoms with E-state index in [2.05, 4.69) is 37.2 Å². The van der Waals surface area contributed by atoms with Gasteiger partial charge in [-0.15, -0.1) is 0 Å². The molecule has 0 atom stereocenters. The number of imidazole rings is 1. The van der Waals surface area contributed by atoms with Gasteiger partial charge in [-0.2, -0.15) is 0 Å². The van der Waals surface area contributed by atoms with Gasteiger partial charge >= 0.3 is 0 Å². The predicted octanol–water partition coefficient (Wildman–Crippen LogP) is 2.78. The Morgan fingerprint density at radius 1 is 1.26 bits per heavy atom. The summed E-state index contributed by atoms with van der Waals surface area (Å²) >= 11 is 0. The Bertz CT molecular complexity index is 615. The second kappa shape index (κ2) is 3.79. The van der Waals surface area contributed by atoms with Crippen molar-refractivity contribution in [3.8, 4) is 0 Å². The monoisotopic (exact) mass is 258 g/mol. The smallest absolute Gasteiger partial charge is 0.160 e. The lowest BCUT2D eigenvalue weighted by Gasteiger charge is -2.38. The summed E-state index contributed by atoms with van der Waals surface area (Å²) in [6.07, 6.45) is 4.28. The molecule has 0 spiro atoms. The van der Waals surface area contributed by atoms with E-state index in [4.69, 9.17) is 10.7 Å². The van der Waals surface area contributed by atoms with Crippen LogP contribution in [0.5, 0.6) is 0 Å². The highest BCUT2D eigenvalue weighted by Crippen LogP contribution is 2.43. The van der Waals surface area contributed by atoms with Crippen LogP contribution in [0, 0.1) is 0 Å². The minimum absolute atomic E-state index is 0.198. The average Bonchev–Trinajstić information content (AvgIpc) is 3.07.